The van der Waals surface area contributed by atoms with Crippen LogP contribution in [0.5, 0.6) is 11.6 Å². The summed E-state index contributed by atoms with van der Waals surface area (Å²) in [5.74, 6) is 1.79. The number of thioether (sulfide) groups is 1. The summed E-state index contributed by atoms with van der Waals surface area (Å²) in [5.41, 5.74) is 4.84. The summed E-state index contributed by atoms with van der Waals surface area (Å²) < 4.78 is 19.7. The van der Waals surface area contributed by atoms with Gasteiger partial charge < -0.3 is 9.84 Å². The Bertz CT molecular complexity index is 1350. The minimum absolute atomic E-state index is 0.134. The fraction of sp³-hybridized carbons (Fsp3) is 0.160. The highest BCUT2D eigenvalue weighted by molar-refractivity contribution is 7.98. The van der Waals surface area contributed by atoms with Crippen molar-refractivity contribution in [2.45, 2.75) is 30.7 Å². The number of aryl methyl sites for hydroxylation is 1. The fourth-order valence-corrected chi connectivity index (χ4v) is 5.01. The first kappa shape index (κ1) is 21.8. The van der Waals surface area contributed by atoms with Crippen molar-refractivity contribution in [1.82, 2.24) is 15.0 Å². The van der Waals surface area contributed by atoms with Gasteiger partial charge in [-0.2, -0.15) is 4.98 Å². The van der Waals surface area contributed by atoms with Crippen LogP contribution in [0.25, 0.3) is 11.4 Å². The number of hydrogen-bond donors (Lipinski definition) is 1. The van der Waals surface area contributed by atoms with Crippen LogP contribution in [0.2, 0.25) is 5.02 Å². The lowest BCUT2D eigenvalue weighted by Gasteiger charge is -2.24. The molecule has 1 aliphatic rings. The summed E-state index contributed by atoms with van der Waals surface area (Å²) in [6, 6.07) is 13.7. The molecule has 0 bridgehead atoms. The van der Waals surface area contributed by atoms with Gasteiger partial charge in [-0.05, 0) is 42.8 Å². The van der Waals surface area contributed by atoms with E-state index in [1.165, 1.54) is 23.9 Å². The van der Waals surface area contributed by atoms with Gasteiger partial charge in [0.2, 0.25) is 5.88 Å². The van der Waals surface area contributed by atoms with E-state index in [0.29, 0.717) is 45.8 Å². The highest BCUT2D eigenvalue weighted by Gasteiger charge is 2.27. The van der Waals surface area contributed by atoms with Crippen LogP contribution in [0.15, 0.2) is 59.8 Å². The maximum absolute atomic E-state index is 13.5. The SMILES string of the molecule is Cc1ncc(CO)c2c1Oc1nc(-c3ccc(F)cc3)nc(SCc3ccccc3Cl)c1C2. The van der Waals surface area contributed by atoms with Gasteiger partial charge >= 0.3 is 0 Å². The number of aliphatic hydroxyl groups excluding tert-OH is 1. The number of rotatable bonds is 5. The maximum atomic E-state index is 13.5. The van der Waals surface area contributed by atoms with Gasteiger partial charge in [-0.15, -0.1) is 11.8 Å². The molecule has 2 aromatic heterocycles. The Morgan fingerprint density at radius 3 is 2.61 bits per heavy atom. The molecule has 0 radical (unpaired) electrons. The van der Waals surface area contributed by atoms with Crippen molar-refractivity contribution in [3.8, 4) is 23.0 Å². The lowest BCUT2D eigenvalue weighted by molar-refractivity contribution is 0.278. The van der Waals surface area contributed by atoms with Crippen LogP contribution in [0.1, 0.15) is 27.9 Å². The second kappa shape index (κ2) is 9.09. The van der Waals surface area contributed by atoms with Crippen molar-refractivity contribution in [2.75, 3.05) is 0 Å². The van der Waals surface area contributed by atoms with Crippen LogP contribution in [-0.4, -0.2) is 20.1 Å². The number of aromatic nitrogens is 3. The molecule has 3 heterocycles. The number of benzene rings is 2. The van der Waals surface area contributed by atoms with Gasteiger partial charge in [0.1, 0.15) is 10.8 Å². The third-order valence-corrected chi connectivity index (χ3v) is 6.92. The zero-order chi connectivity index (χ0) is 22.9. The summed E-state index contributed by atoms with van der Waals surface area (Å²) in [6.07, 6.45) is 2.19. The quantitative estimate of drug-likeness (QED) is 0.242. The predicted molar refractivity (Wildman–Crippen MR) is 126 cm³/mol. The van der Waals surface area contributed by atoms with Crippen LogP contribution >= 0.6 is 23.4 Å². The van der Waals surface area contributed by atoms with Crippen molar-refractivity contribution in [1.29, 1.82) is 0 Å². The smallest absolute Gasteiger partial charge is 0.227 e. The molecule has 33 heavy (non-hydrogen) atoms. The summed E-state index contributed by atoms with van der Waals surface area (Å²) in [4.78, 5) is 13.8. The molecule has 5 nitrogen and oxygen atoms in total. The van der Waals surface area contributed by atoms with Gasteiger partial charge in [-0.3, -0.25) is 4.98 Å². The van der Waals surface area contributed by atoms with E-state index in [2.05, 4.69) is 9.97 Å². The van der Waals surface area contributed by atoms with Gasteiger partial charge in [0, 0.05) is 40.1 Å². The number of nitrogens with zero attached hydrogens (tertiary/aromatic N) is 3. The summed E-state index contributed by atoms with van der Waals surface area (Å²) >= 11 is 7.90. The average Bonchev–Trinajstić information content (AvgIpc) is 2.83. The van der Waals surface area contributed by atoms with Gasteiger partial charge in [-0.1, -0.05) is 29.8 Å². The van der Waals surface area contributed by atoms with E-state index >= 15 is 0 Å². The minimum Gasteiger partial charge on any atom is -0.436 e. The standard InChI is InChI=1S/C25H19ClFN3O2S/c1-14-22-19(17(12-31)11-28-14)10-20-24(32-22)29-23(15-6-8-18(27)9-7-15)30-25(20)33-13-16-4-2-3-5-21(16)26/h2-9,11,31H,10,12-13H2,1H3. The number of halogens is 2. The van der Waals surface area contributed by atoms with E-state index in [1.807, 2.05) is 31.2 Å². The van der Waals surface area contributed by atoms with Crippen molar-refractivity contribution >= 4 is 23.4 Å². The molecule has 4 aromatic rings. The Balaban J connectivity index is 1.60. The average molecular weight is 480 g/mol. The molecular formula is C25H19ClFN3O2S. The van der Waals surface area contributed by atoms with Crippen molar-refractivity contribution < 1.29 is 14.2 Å². The second-order valence-electron chi connectivity index (χ2n) is 7.64. The molecule has 0 saturated carbocycles. The summed E-state index contributed by atoms with van der Waals surface area (Å²) in [7, 11) is 0. The number of aliphatic hydroxyl groups is 1. The highest BCUT2D eigenvalue weighted by atomic mass is 35.5. The third kappa shape index (κ3) is 4.31. The molecular weight excluding hydrogens is 461 g/mol. The van der Waals surface area contributed by atoms with E-state index in [0.717, 1.165) is 27.4 Å². The molecule has 0 amide bonds. The van der Waals surface area contributed by atoms with Gasteiger partial charge in [0.25, 0.3) is 0 Å². The van der Waals surface area contributed by atoms with Crippen LogP contribution in [0.3, 0.4) is 0 Å². The first-order valence-corrected chi connectivity index (χ1v) is 11.7. The van der Waals surface area contributed by atoms with Gasteiger partial charge in [0.05, 0.1) is 17.9 Å². The molecule has 0 fully saturated rings. The van der Waals surface area contributed by atoms with Gasteiger partial charge in [-0.25, -0.2) is 9.37 Å². The zero-order valence-electron chi connectivity index (χ0n) is 17.7. The Morgan fingerprint density at radius 1 is 1.06 bits per heavy atom. The summed E-state index contributed by atoms with van der Waals surface area (Å²) in [5, 5.41) is 11.3. The molecule has 0 spiro atoms. The molecule has 0 atom stereocenters. The minimum atomic E-state index is -0.326. The molecule has 1 aliphatic heterocycles. The number of hydrogen-bond acceptors (Lipinski definition) is 6. The third-order valence-electron chi connectivity index (χ3n) is 5.48. The second-order valence-corrected chi connectivity index (χ2v) is 9.01. The predicted octanol–water partition coefficient (Wildman–Crippen LogP) is 6.12. The highest BCUT2D eigenvalue weighted by Crippen LogP contribution is 2.43. The lowest BCUT2D eigenvalue weighted by atomic mass is 9.99. The molecule has 166 valence electrons. The Kier molecular flexibility index (Phi) is 6.01. The molecule has 1 N–H and O–H groups in total. The molecule has 0 aliphatic carbocycles. The molecule has 0 saturated heterocycles. The fourth-order valence-electron chi connectivity index (χ4n) is 3.70. The summed E-state index contributed by atoms with van der Waals surface area (Å²) in [6.45, 7) is 1.73. The number of fused-ring (bicyclic) bond motifs is 2. The normalized spacial score (nSPS) is 12.1. The van der Waals surface area contributed by atoms with E-state index < -0.39 is 0 Å². The molecule has 2 aromatic carbocycles. The van der Waals surface area contributed by atoms with E-state index in [4.69, 9.17) is 21.3 Å². The molecule has 8 heteroatoms. The van der Waals surface area contributed by atoms with E-state index in [-0.39, 0.29) is 12.4 Å². The molecule has 5 rings (SSSR count). The lowest BCUT2D eigenvalue weighted by Crippen LogP contribution is -2.13. The van der Waals surface area contributed by atoms with Crippen LogP contribution < -0.4 is 4.74 Å². The molecule has 0 unspecified atom stereocenters. The zero-order valence-corrected chi connectivity index (χ0v) is 19.3. The first-order chi connectivity index (χ1) is 16.0. The van der Waals surface area contributed by atoms with Crippen LogP contribution in [-0.2, 0) is 18.8 Å². The Hall–Kier alpha value is -3.00. The van der Waals surface area contributed by atoms with Crippen LogP contribution in [0.4, 0.5) is 4.39 Å². The van der Waals surface area contributed by atoms with E-state index in [9.17, 15) is 9.50 Å². The Labute approximate surface area is 199 Å². The van der Waals surface area contributed by atoms with Crippen molar-refractivity contribution in [3.63, 3.8) is 0 Å². The monoisotopic (exact) mass is 479 g/mol. The Morgan fingerprint density at radius 2 is 1.85 bits per heavy atom. The maximum Gasteiger partial charge on any atom is 0.227 e. The van der Waals surface area contributed by atoms with Crippen molar-refractivity contribution in [3.05, 3.63) is 93.5 Å². The largest absolute Gasteiger partial charge is 0.436 e. The van der Waals surface area contributed by atoms with Crippen LogP contribution in [0, 0.1) is 12.7 Å². The van der Waals surface area contributed by atoms with Gasteiger partial charge in [0.15, 0.2) is 11.6 Å². The van der Waals surface area contributed by atoms with E-state index in [1.54, 1.807) is 18.3 Å². The first-order valence-electron chi connectivity index (χ1n) is 10.3. The topological polar surface area (TPSA) is 68.1 Å². The number of ether oxygens (including phenoxy) is 1. The van der Waals surface area contributed by atoms with Crippen molar-refractivity contribution in [2.24, 2.45) is 0 Å². The number of pyridine rings is 1.